The molecule has 1 saturated carbocycles. The summed E-state index contributed by atoms with van der Waals surface area (Å²) in [7, 11) is 0. The number of nitrogens with zero attached hydrogens (tertiary/aromatic N) is 2. The van der Waals surface area contributed by atoms with Crippen molar-refractivity contribution in [3.63, 3.8) is 0 Å². The van der Waals surface area contributed by atoms with Crippen molar-refractivity contribution in [1.82, 2.24) is 0 Å². The Bertz CT molecular complexity index is 684. The molecule has 2 aromatic carbocycles. The van der Waals surface area contributed by atoms with Crippen molar-refractivity contribution < 1.29 is 0 Å². The monoisotopic (exact) mass is 297 g/mol. The molecule has 0 atom stereocenters. The van der Waals surface area contributed by atoms with E-state index in [1.807, 2.05) is 24.3 Å². The van der Waals surface area contributed by atoms with Crippen LogP contribution in [0.5, 0.6) is 0 Å². The largest absolute Gasteiger partial charge is 0.399 e. The Balaban J connectivity index is 1.86. The highest BCUT2D eigenvalue weighted by Gasteiger charge is 2.29. The van der Waals surface area contributed by atoms with E-state index in [-0.39, 0.29) is 0 Å². The van der Waals surface area contributed by atoms with E-state index in [1.165, 1.54) is 18.4 Å². The summed E-state index contributed by atoms with van der Waals surface area (Å²) >= 11 is 6.16. The van der Waals surface area contributed by atoms with Crippen LogP contribution in [0.15, 0.2) is 42.5 Å². The second-order valence-electron chi connectivity index (χ2n) is 5.38. The third-order valence-corrected chi connectivity index (χ3v) is 4.04. The van der Waals surface area contributed by atoms with E-state index in [0.29, 0.717) is 16.6 Å². The molecule has 1 aliphatic rings. The summed E-state index contributed by atoms with van der Waals surface area (Å²) < 4.78 is 0. The summed E-state index contributed by atoms with van der Waals surface area (Å²) in [5, 5.41) is 9.48. The lowest BCUT2D eigenvalue weighted by molar-refractivity contribution is 0.794. The summed E-state index contributed by atoms with van der Waals surface area (Å²) in [5.74, 6) is 0. The van der Waals surface area contributed by atoms with Crippen molar-refractivity contribution in [2.45, 2.75) is 25.4 Å². The van der Waals surface area contributed by atoms with Crippen LogP contribution in [0.3, 0.4) is 0 Å². The molecule has 0 saturated heterocycles. The molecule has 106 valence electrons. The summed E-state index contributed by atoms with van der Waals surface area (Å²) in [5.41, 5.74) is 9.31. The first-order valence-corrected chi connectivity index (χ1v) is 7.36. The van der Waals surface area contributed by atoms with Gasteiger partial charge in [0.1, 0.15) is 6.07 Å². The quantitative estimate of drug-likeness (QED) is 0.869. The van der Waals surface area contributed by atoms with Crippen LogP contribution in [0.4, 0.5) is 11.4 Å². The third-order valence-electron chi connectivity index (χ3n) is 3.73. The van der Waals surface area contributed by atoms with E-state index in [0.717, 1.165) is 17.9 Å². The maximum absolute atomic E-state index is 8.97. The van der Waals surface area contributed by atoms with Crippen LogP contribution in [-0.4, -0.2) is 6.04 Å². The Morgan fingerprint density at radius 3 is 2.48 bits per heavy atom. The second-order valence-corrected chi connectivity index (χ2v) is 5.78. The Morgan fingerprint density at radius 1 is 1.19 bits per heavy atom. The average Bonchev–Trinajstić information content (AvgIpc) is 3.31. The summed E-state index contributed by atoms with van der Waals surface area (Å²) in [6, 6.07) is 16.3. The van der Waals surface area contributed by atoms with Crippen molar-refractivity contribution in [2.24, 2.45) is 0 Å². The fourth-order valence-electron chi connectivity index (χ4n) is 2.41. The van der Waals surface area contributed by atoms with Crippen LogP contribution in [0.1, 0.15) is 24.0 Å². The minimum absolute atomic E-state index is 0.512. The molecule has 0 radical (unpaired) electrons. The fraction of sp³-hybridized carbons (Fsp3) is 0.235. The van der Waals surface area contributed by atoms with Gasteiger partial charge in [-0.1, -0.05) is 23.7 Å². The number of halogens is 1. The molecule has 3 rings (SSSR count). The van der Waals surface area contributed by atoms with Crippen molar-refractivity contribution in [3.05, 3.63) is 58.6 Å². The van der Waals surface area contributed by atoms with Gasteiger partial charge in [0.05, 0.1) is 10.6 Å². The molecule has 0 amide bonds. The van der Waals surface area contributed by atoms with Gasteiger partial charge in [0.15, 0.2) is 0 Å². The average molecular weight is 298 g/mol. The fourth-order valence-corrected chi connectivity index (χ4v) is 2.63. The van der Waals surface area contributed by atoms with Gasteiger partial charge in [-0.25, -0.2) is 0 Å². The smallest absolute Gasteiger partial charge is 0.101 e. The SMILES string of the molecule is N#Cc1ccc(N(Cc2ccc(N)cc2)C2CC2)cc1Cl. The minimum Gasteiger partial charge on any atom is -0.399 e. The van der Waals surface area contributed by atoms with E-state index >= 15 is 0 Å². The topological polar surface area (TPSA) is 53.0 Å². The molecule has 0 aliphatic heterocycles. The summed E-state index contributed by atoms with van der Waals surface area (Å²) in [4.78, 5) is 2.35. The first-order valence-electron chi connectivity index (χ1n) is 6.98. The molecule has 0 bridgehead atoms. The first-order chi connectivity index (χ1) is 10.2. The van der Waals surface area contributed by atoms with Gasteiger partial charge in [0.25, 0.3) is 0 Å². The zero-order valence-corrected chi connectivity index (χ0v) is 12.3. The lowest BCUT2D eigenvalue weighted by atomic mass is 10.1. The lowest BCUT2D eigenvalue weighted by Crippen LogP contribution is -2.25. The molecule has 0 heterocycles. The molecule has 2 N–H and O–H groups in total. The normalized spacial score (nSPS) is 13.7. The zero-order chi connectivity index (χ0) is 14.8. The zero-order valence-electron chi connectivity index (χ0n) is 11.6. The number of hydrogen-bond donors (Lipinski definition) is 1. The van der Waals surface area contributed by atoms with Gasteiger partial charge in [0.2, 0.25) is 0 Å². The highest BCUT2D eigenvalue weighted by molar-refractivity contribution is 6.32. The summed E-state index contributed by atoms with van der Waals surface area (Å²) in [6.07, 6.45) is 2.40. The Hall–Kier alpha value is -2.18. The van der Waals surface area contributed by atoms with E-state index in [4.69, 9.17) is 22.6 Å². The van der Waals surface area contributed by atoms with Gasteiger partial charge in [-0.15, -0.1) is 0 Å². The molecule has 0 aromatic heterocycles. The molecule has 0 unspecified atom stereocenters. The number of nitriles is 1. The molecule has 21 heavy (non-hydrogen) atoms. The lowest BCUT2D eigenvalue weighted by Gasteiger charge is -2.25. The Kier molecular flexibility index (Phi) is 3.72. The molecule has 2 aromatic rings. The second kappa shape index (κ2) is 5.67. The van der Waals surface area contributed by atoms with Crippen LogP contribution in [-0.2, 0) is 6.54 Å². The standard InChI is InChI=1S/C17H16ClN3/c18-17-9-16(6-3-13(17)10-19)21(15-7-8-15)11-12-1-4-14(20)5-2-12/h1-6,9,15H,7-8,11,20H2. The maximum atomic E-state index is 8.97. The maximum Gasteiger partial charge on any atom is 0.101 e. The number of nitrogens with two attached hydrogens (primary N) is 1. The van der Waals surface area contributed by atoms with E-state index in [1.54, 1.807) is 6.07 Å². The number of hydrogen-bond acceptors (Lipinski definition) is 3. The van der Waals surface area contributed by atoms with Gasteiger partial charge in [-0.3, -0.25) is 0 Å². The number of benzene rings is 2. The summed E-state index contributed by atoms with van der Waals surface area (Å²) in [6.45, 7) is 0.827. The molecule has 1 aliphatic carbocycles. The Morgan fingerprint density at radius 2 is 1.90 bits per heavy atom. The van der Waals surface area contributed by atoms with Crippen LogP contribution in [0.25, 0.3) is 0 Å². The predicted molar refractivity (Wildman–Crippen MR) is 86.2 cm³/mol. The van der Waals surface area contributed by atoms with E-state index in [2.05, 4.69) is 23.1 Å². The van der Waals surface area contributed by atoms with Crippen molar-refractivity contribution >= 4 is 23.0 Å². The molecule has 4 heteroatoms. The van der Waals surface area contributed by atoms with Gasteiger partial charge in [-0.05, 0) is 48.7 Å². The van der Waals surface area contributed by atoms with Crippen LogP contribution in [0.2, 0.25) is 5.02 Å². The van der Waals surface area contributed by atoms with Gasteiger partial charge >= 0.3 is 0 Å². The molecule has 0 spiro atoms. The van der Waals surface area contributed by atoms with Crippen molar-refractivity contribution in [3.8, 4) is 6.07 Å². The first kappa shape index (κ1) is 13.8. The predicted octanol–water partition coefficient (Wildman–Crippen LogP) is 3.96. The van der Waals surface area contributed by atoms with Gasteiger partial charge in [-0.2, -0.15) is 5.26 Å². The third kappa shape index (κ3) is 3.12. The van der Waals surface area contributed by atoms with Crippen LogP contribution >= 0.6 is 11.6 Å². The highest BCUT2D eigenvalue weighted by Crippen LogP contribution is 2.34. The minimum atomic E-state index is 0.512. The highest BCUT2D eigenvalue weighted by atomic mass is 35.5. The molecule has 1 fully saturated rings. The number of rotatable bonds is 4. The molecular formula is C17H16ClN3. The van der Waals surface area contributed by atoms with Crippen LogP contribution in [0, 0.1) is 11.3 Å². The van der Waals surface area contributed by atoms with Crippen LogP contribution < -0.4 is 10.6 Å². The van der Waals surface area contributed by atoms with E-state index < -0.39 is 0 Å². The number of anilines is 2. The van der Waals surface area contributed by atoms with Crippen molar-refractivity contribution in [1.29, 1.82) is 5.26 Å². The van der Waals surface area contributed by atoms with Gasteiger partial charge in [0, 0.05) is 24.0 Å². The molecular weight excluding hydrogens is 282 g/mol. The van der Waals surface area contributed by atoms with Gasteiger partial charge < -0.3 is 10.6 Å². The van der Waals surface area contributed by atoms with Crippen molar-refractivity contribution in [2.75, 3.05) is 10.6 Å². The Labute approximate surface area is 129 Å². The van der Waals surface area contributed by atoms with E-state index in [9.17, 15) is 0 Å². The molecule has 3 nitrogen and oxygen atoms in total. The number of nitrogen functional groups attached to an aromatic ring is 1.